The first-order chi connectivity index (χ1) is 10.0. The summed E-state index contributed by atoms with van der Waals surface area (Å²) >= 11 is 0. The fourth-order valence-electron chi connectivity index (χ4n) is 2.25. The molecule has 3 aromatic rings. The molecular formula is C14H10FN3O3. The predicted octanol–water partition coefficient (Wildman–Crippen LogP) is 2.49. The Balaban J connectivity index is 2.11. The monoisotopic (exact) mass is 287 g/mol. The normalized spacial score (nSPS) is 10.9. The van der Waals surface area contributed by atoms with Crippen LogP contribution in [0.4, 0.5) is 10.1 Å². The Morgan fingerprint density at radius 3 is 2.52 bits per heavy atom. The Labute approximate surface area is 117 Å². The average molecular weight is 287 g/mol. The molecule has 6 nitrogen and oxygen atoms in total. The number of halogens is 1. The summed E-state index contributed by atoms with van der Waals surface area (Å²) < 4.78 is 12.9. The second-order valence-electron chi connectivity index (χ2n) is 4.67. The van der Waals surface area contributed by atoms with E-state index in [0.717, 1.165) is 5.56 Å². The molecule has 0 bridgehead atoms. The van der Waals surface area contributed by atoms with Gasteiger partial charge in [0.15, 0.2) is 0 Å². The van der Waals surface area contributed by atoms with Gasteiger partial charge in [-0.05, 0) is 23.8 Å². The minimum absolute atomic E-state index is 0.128. The molecule has 1 heterocycles. The molecular weight excluding hydrogens is 277 g/mol. The van der Waals surface area contributed by atoms with Crippen LogP contribution in [0.2, 0.25) is 0 Å². The highest BCUT2D eigenvalue weighted by atomic mass is 19.1. The van der Waals surface area contributed by atoms with Crippen LogP contribution in [0.15, 0.2) is 41.2 Å². The average Bonchev–Trinajstić information content (AvgIpc) is 2.81. The standard InChI is InChI=1S/C14H10FN3O3/c15-10-3-1-8(2-4-10)5-9-6-12-11(14(19)17-16-12)7-13(9)18(20)21/h1-4,6-7H,5H2,(H2,16,17,19). The van der Waals surface area contributed by atoms with Crippen molar-refractivity contribution in [3.63, 3.8) is 0 Å². The molecule has 0 unspecified atom stereocenters. The summed E-state index contributed by atoms with van der Waals surface area (Å²) in [6.45, 7) is 0. The maximum absolute atomic E-state index is 12.9. The van der Waals surface area contributed by atoms with Crippen molar-refractivity contribution in [1.82, 2.24) is 10.2 Å². The van der Waals surface area contributed by atoms with Gasteiger partial charge in [0.05, 0.1) is 15.8 Å². The summed E-state index contributed by atoms with van der Waals surface area (Å²) in [6.07, 6.45) is 0.278. The Bertz CT molecular complexity index is 881. The molecule has 0 aliphatic rings. The van der Waals surface area contributed by atoms with Gasteiger partial charge in [-0.2, -0.15) is 0 Å². The number of nitro groups is 1. The largest absolute Gasteiger partial charge is 0.298 e. The van der Waals surface area contributed by atoms with E-state index in [1.165, 1.54) is 18.2 Å². The minimum Gasteiger partial charge on any atom is -0.298 e. The molecule has 0 saturated heterocycles. The maximum atomic E-state index is 12.9. The zero-order chi connectivity index (χ0) is 15.0. The molecule has 0 saturated carbocycles. The second-order valence-corrected chi connectivity index (χ2v) is 4.67. The van der Waals surface area contributed by atoms with Crippen molar-refractivity contribution >= 4 is 16.6 Å². The molecule has 0 atom stereocenters. The summed E-state index contributed by atoms with van der Waals surface area (Å²) in [7, 11) is 0. The van der Waals surface area contributed by atoms with Crippen LogP contribution in [0, 0.1) is 15.9 Å². The summed E-state index contributed by atoms with van der Waals surface area (Å²) in [5.74, 6) is -0.362. The van der Waals surface area contributed by atoms with Gasteiger partial charge in [0.2, 0.25) is 0 Å². The number of aromatic nitrogens is 2. The van der Waals surface area contributed by atoms with Gasteiger partial charge in [-0.1, -0.05) is 12.1 Å². The van der Waals surface area contributed by atoms with E-state index in [1.54, 1.807) is 18.2 Å². The highest BCUT2D eigenvalue weighted by Gasteiger charge is 2.17. The number of hydrogen-bond donors (Lipinski definition) is 2. The molecule has 0 aliphatic carbocycles. The first-order valence-electron chi connectivity index (χ1n) is 6.17. The van der Waals surface area contributed by atoms with Crippen molar-refractivity contribution in [2.45, 2.75) is 6.42 Å². The molecule has 0 amide bonds. The molecule has 1 aromatic heterocycles. The summed E-state index contributed by atoms with van der Waals surface area (Å²) in [4.78, 5) is 22.2. The molecule has 0 radical (unpaired) electrons. The lowest BCUT2D eigenvalue weighted by atomic mass is 10.0. The van der Waals surface area contributed by atoms with E-state index in [2.05, 4.69) is 10.2 Å². The van der Waals surface area contributed by atoms with E-state index in [-0.39, 0.29) is 23.3 Å². The topological polar surface area (TPSA) is 91.8 Å². The molecule has 7 heteroatoms. The Hall–Kier alpha value is -2.96. The third-order valence-electron chi connectivity index (χ3n) is 3.28. The van der Waals surface area contributed by atoms with Gasteiger partial charge < -0.3 is 0 Å². The molecule has 2 N–H and O–H groups in total. The zero-order valence-corrected chi connectivity index (χ0v) is 10.7. The highest BCUT2D eigenvalue weighted by Crippen LogP contribution is 2.25. The van der Waals surface area contributed by atoms with Crippen molar-refractivity contribution in [1.29, 1.82) is 0 Å². The molecule has 0 aliphatic heterocycles. The fourth-order valence-corrected chi connectivity index (χ4v) is 2.25. The third kappa shape index (κ3) is 2.40. The number of benzene rings is 2. The maximum Gasteiger partial charge on any atom is 0.273 e. The van der Waals surface area contributed by atoms with E-state index in [9.17, 15) is 19.3 Å². The molecule has 106 valence electrons. The first-order valence-corrected chi connectivity index (χ1v) is 6.17. The number of aromatic amines is 2. The number of nitro benzene ring substituents is 1. The lowest BCUT2D eigenvalue weighted by Crippen LogP contribution is -2.01. The van der Waals surface area contributed by atoms with Crippen LogP contribution in [0.25, 0.3) is 10.9 Å². The minimum atomic E-state index is -0.523. The van der Waals surface area contributed by atoms with Gasteiger partial charge >= 0.3 is 0 Å². The Morgan fingerprint density at radius 2 is 1.86 bits per heavy atom. The number of hydrogen-bond acceptors (Lipinski definition) is 3. The van der Waals surface area contributed by atoms with Crippen LogP contribution in [0.1, 0.15) is 11.1 Å². The molecule has 3 rings (SSSR count). The van der Waals surface area contributed by atoms with Gasteiger partial charge in [-0.15, -0.1) is 0 Å². The molecule has 0 fully saturated rings. The smallest absolute Gasteiger partial charge is 0.273 e. The number of nitrogens with zero attached hydrogens (tertiary/aromatic N) is 1. The van der Waals surface area contributed by atoms with E-state index < -0.39 is 10.5 Å². The van der Waals surface area contributed by atoms with Gasteiger partial charge in [0, 0.05) is 18.1 Å². The van der Waals surface area contributed by atoms with E-state index in [0.29, 0.717) is 11.1 Å². The molecule has 2 aromatic carbocycles. The first kappa shape index (κ1) is 13.0. The SMILES string of the molecule is O=c1[nH][nH]c2cc(Cc3ccc(F)cc3)c([N+](=O)[O-])cc12. The summed E-state index contributed by atoms with van der Waals surface area (Å²) in [5, 5.41) is 16.5. The van der Waals surface area contributed by atoms with Gasteiger partial charge in [-0.25, -0.2) is 4.39 Å². The van der Waals surface area contributed by atoms with Crippen LogP contribution in [0.3, 0.4) is 0 Å². The highest BCUT2D eigenvalue weighted by molar-refractivity contribution is 5.82. The summed E-state index contributed by atoms with van der Waals surface area (Å²) in [6, 6.07) is 8.57. The molecule has 21 heavy (non-hydrogen) atoms. The van der Waals surface area contributed by atoms with Gasteiger partial charge in [0.25, 0.3) is 11.2 Å². The lowest BCUT2D eigenvalue weighted by molar-refractivity contribution is -0.385. The fraction of sp³-hybridized carbons (Fsp3) is 0.0714. The zero-order valence-electron chi connectivity index (χ0n) is 10.7. The van der Waals surface area contributed by atoms with E-state index in [1.807, 2.05) is 0 Å². The van der Waals surface area contributed by atoms with Crippen molar-refractivity contribution < 1.29 is 9.31 Å². The predicted molar refractivity (Wildman–Crippen MR) is 74.8 cm³/mol. The van der Waals surface area contributed by atoms with Crippen molar-refractivity contribution in [2.24, 2.45) is 0 Å². The van der Waals surface area contributed by atoms with E-state index >= 15 is 0 Å². The van der Waals surface area contributed by atoms with Crippen LogP contribution >= 0.6 is 0 Å². The Morgan fingerprint density at radius 1 is 1.14 bits per heavy atom. The number of rotatable bonds is 3. The van der Waals surface area contributed by atoms with Crippen molar-refractivity contribution in [2.75, 3.05) is 0 Å². The Kier molecular flexibility index (Phi) is 3.02. The number of nitrogens with one attached hydrogen (secondary N) is 2. The second kappa shape index (κ2) is 4.86. The van der Waals surface area contributed by atoms with Crippen LogP contribution < -0.4 is 5.56 Å². The van der Waals surface area contributed by atoms with Gasteiger partial charge in [0.1, 0.15) is 5.82 Å². The van der Waals surface area contributed by atoms with Crippen molar-refractivity contribution in [3.05, 3.63) is 73.8 Å². The van der Waals surface area contributed by atoms with Crippen molar-refractivity contribution in [3.8, 4) is 0 Å². The quantitative estimate of drug-likeness (QED) is 0.572. The van der Waals surface area contributed by atoms with E-state index in [4.69, 9.17) is 0 Å². The lowest BCUT2D eigenvalue weighted by Gasteiger charge is -2.04. The third-order valence-corrected chi connectivity index (χ3v) is 3.28. The van der Waals surface area contributed by atoms with Crippen LogP contribution in [0.5, 0.6) is 0 Å². The number of fused-ring (bicyclic) bond motifs is 1. The van der Waals surface area contributed by atoms with Crippen LogP contribution in [-0.4, -0.2) is 15.1 Å². The van der Waals surface area contributed by atoms with Crippen LogP contribution in [-0.2, 0) is 6.42 Å². The number of H-pyrrole nitrogens is 2. The summed E-state index contributed by atoms with van der Waals surface area (Å²) in [5.41, 5.74) is 1.17. The van der Waals surface area contributed by atoms with Gasteiger partial charge in [-0.3, -0.25) is 25.1 Å². The molecule has 0 spiro atoms.